The van der Waals surface area contributed by atoms with Crippen LogP contribution in [-0.4, -0.2) is 27.1 Å². The molecule has 1 aromatic heterocycles. The third-order valence-electron chi connectivity index (χ3n) is 2.74. The molecular formula is C16H16N2O4S. The fourth-order valence-corrected chi connectivity index (χ4v) is 2.08. The van der Waals surface area contributed by atoms with Crippen LogP contribution < -0.4 is 10.0 Å². The molecule has 0 unspecified atom stereocenters. The summed E-state index contributed by atoms with van der Waals surface area (Å²) in [7, 11) is -3.31. The van der Waals surface area contributed by atoms with E-state index in [1.807, 2.05) is 30.3 Å². The van der Waals surface area contributed by atoms with Crippen molar-refractivity contribution in [1.82, 2.24) is 10.0 Å². The van der Waals surface area contributed by atoms with Gasteiger partial charge in [-0.15, -0.1) is 0 Å². The van der Waals surface area contributed by atoms with E-state index in [2.05, 4.69) is 21.9 Å². The van der Waals surface area contributed by atoms with Crippen molar-refractivity contribution < 1.29 is 17.6 Å². The minimum Gasteiger partial charge on any atom is -0.455 e. The fraction of sp³-hybridized carbons (Fsp3) is 0.188. The number of carbonyl (C=O) groups is 1. The zero-order chi connectivity index (χ0) is 16.7. The van der Waals surface area contributed by atoms with E-state index in [0.29, 0.717) is 5.76 Å². The topological polar surface area (TPSA) is 88.4 Å². The Kier molecular flexibility index (Phi) is 5.57. The van der Waals surface area contributed by atoms with E-state index in [1.54, 1.807) is 6.07 Å². The van der Waals surface area contributed by atoms with Crippen LogP contribution >= 0.6 is 0 Å². The quantitative estimate of drug-likeness (QED) is 0.803. The number of sulfonamides is 1. The normalized spacial score (nSPS) is 10.7. The minimum atomic E-state index is -3.31. The van der Waals surface area contributed by atoms with Gasteiger partial charge >= 0.3 is 0 Å². The lowest BCUT2D eigenvalue weighted by molar-refractivity contribution is 0.0929. The number of rotatable bonds is 5. The van der Waals surface area contributed by atoms with Crippen molar-refractivity contribution >= 4 is 15.9 Å². The number of furan rings is 1. The van der Waals surface area contributed by atoms with Crippen LogP contribution in [0.2, 0.25) is 0 Å². The Morgan fingerprint density at radius 1 is 1.17 bits per heavy atom. The van der Waals surface area contributed by atoms with E-state index >= 15 is 0 Å². The smallest absolute Gasteiger partial charge is 0.287 e. The Bertz CT molecular complexity index is 830. The maximum atomic E-state index is 11.9. The van der Waals surface area contributed by atoms with Crippen LogP contribution in [0.3, 0.4) is 0 Å². The van der Waals surface area contributed by atoms with E-state index in [-0.39, 0.29) is 18.8 Å². The molecular weight excluding hydrogens is 316 g/mol. The molecule has 2 aromatic rings. The third kappa shape index (κ3) is 5.98. The van der Waals surface area contributed by atoms with Gasteiger partial charge in [-0.05, 0) is 24.3 Å². The molecule has 0 saturated carbocycles. The van der Waals surface area contributed by atoms with Crippen molar-refractivity contribution in [3.63, 3.8) is 0 Å². The Balaban J connectivity index is 1.85. The summed E-state index contributed by atoms with van der Waals surface area (Å²) >= 11 is 0. The molecule has 0 atom stereocenters. The number of hydrogen-bond donors (Lipinski definition) is 2. The Hall–Kier alpha value is -2.56. The van der Waals surface area contributed by atoms with Crippen LogP contribution in [0.4, 0.5) is 0 Å². The highest BCUT2D eigenvalue weighted by Gasteiger charge is 2.11. The molecule has 0 radical (unpaired) electrons. The monoisotopic (exact) mass is 332 g/mol. The summed E-state index contributed by atoms with van der Waals surface area (Å²) in [5.74, 6) is 5.82. The first-order valence-corrected chi connectivity index (χ1v) is 8.69. The van der Waals surface area contributed by atoms with Crippen molar-refractivity contribution in [2.24, 2.45) is 0 Å². The van der Waals surface area contributed by atoms with Gasteiger partial charge in [-0.25, -0.2) is 13.1 Å². The summed E-state index contributed by atoms with van der Waals surface area (Å²) in [5, 5.41) is 2.61. The largest absolute Gasteiger partial charge is 0.455 e. The number of nitrogens with one attached hydrogen (secondary N) is 2. The summed E-state index contributed by atoms with van der Waals surface area (Å²) in [4.78, 5) is 11.9. The molecule has 2 N–H and O–H groups in total. The summed E-state index contributed by atoms with van der Waals surface area (Å²) in [5.41, 5.74) is 0.869. The second-order valence-corrected chi connectivity index (χ2v) is 6.54. The number of benzene rings is 1. The van der Waals surface area contributed by atoms with Crippen molar-refractivity contribution in [3.05, 3.63) is 59.5 Å². The molecule has 6 nitrogen and oxygen atoms in total. The van der Waals surface area contributed by atoms with E-state index in [4.69, 9.17) is 4.42 Å². The average molecular weight is 332 g/mol. The van der Waals surface area contributed by atoms with Crippen LogP contribution in [0.1, 0.15) is 21.9 Å². The first-order chi connectivity index (χ1) is 10.9. The summed E-state index contributed by atoms with van der Waals surface area (Å²) in [6.07, 6.45) is 1.05. The van der Waals surface area contributed by atoms with E-state index in [9.17, 15) is 13.2 Å². The maximum absolute atomic E-state index is 11.9. The van der Waals surface area contributed by atoms with Crippen molar-refractivity contribution in [2.45, 2.75) is 6.54 Å². The van der Waals surface area contributed by atoms with Crippen molar-refractivity contribution in [2.75, 3.05) is 12.8 Å². The van der Waals surface area contributed by atoms with Gasteiger partial charge in [0.15, 0.2) is 5.76 Å². The Morgan fingerprint density at radius 3 is 2.61 bits per heavy atom. The van der Waals surface area contributed by atoms with Gasteiger partial charge in [-0.3, -0.25) is 4.79 Å². The Labute approximate surface area is 134 Å². The third-order valence-corrected chi connectivity index (χ3v) is 3.41. The molecule has 0 aliphatic rings. The molecule has 0 saturated heterocycles. The highest BCUT2D eigenvalue weighted by Crippen LogP contribution is 2.07. The first kappa shape index (κ1) is 16.8. The lowest BCUT2D eigenvalue weighted by Crippen LogP contribution is -2.23. The van der Waals surface area contributed by atoms with Crippen LogP contribution in [0.5, 0.6) is 0 Å². The van der Waals surface area contributed by atoms with Gasteiger partial charge in [0.1, 0.15) is 5.76 Å². The molecule has 2 rings (SSSR count). The molecule has 0 fully saturated rings. The van der Waals surface area contributed by atoms with Crippen LogP contribution in [-0.2, 0) is 16.6 Å². The number of carbonyl (C=O) groups excluding carboxylic acids is 1. The zero-order valence-corrected chi connectivity index (χ0v) is 13.3. The lowest BCUT2D eigenvalue weighted by atomic mass is 10.2. The molecule has 7 heteroatoms. The molecule has 23 heavy (non-hydrogen) atoms. The van der Waals surface area contributed by atoms with Crippen molar-refractivity contribution in [1.29, 1.82) is 0 Å². The minimum absolute atomic E-state index is 0.0000734. The average Bonchev–Trinajstić information content (AvgIpc) is 2.99. The SMILES string of the molecule is CS(=O)(=O)NCc1ccc(C(=O)NCC#Cc2ccccc2)o1. The van der Waals surface area contributed by atoms with Gasteiger partial charge in [0.25, 0.3) is 5.91 Å². The van der Waals surface area contributed by atoms with E-state index < -0.39 is 15.9 Å². The highest BCUT2D eigenvalue weighted by molar-refractivity contribution is 7.88. The zero-order valence-electron chi connectivity index (χ0n) is 12.5. The lowest BCUT2D eigenvalue weighted by Gasteiger charge is -1.99. The van der Waals surface area contributed by atoms with Crippen LogP contribution in [0.25, 0.3) is 0 Å². The maximum Gasteiger partial charge on any atom is 0.287 e. The molecule has 1 heterocycles. The summed E-state index contributed by atoms with van der Waals surface area (Å²) in [6.45, 7) is 0.186. The summed E-state index contributed by atoms with van der Waals surface area (Å²) in [6, 6.07) is 12.5. The highest BCUT2D eigenvalue weighted by atomic mass is 32.2. The van der Waals surface area contributed by atoms with Crippen LogP contribution in [0.15, 0.2) is 46.9 Å². The standard InChI is InChI=1S/C16H16N2O4S/c1-23(20,21)18-12-14-9-10-15(22-14)16(19)17-11-5-8-13-6-3-2-4-7-13/h2-4,6-7,9-10,18H,11-12H2,1H3,(H,17,19). The van der Waals surface area contributed by atoms with Gasteiger partial charge in [0, 0.05) is 5.56 Å². The Morgan fingerprint density at radius 2 is 1.91 bits per heavy atom. The molecule has 0 spiro atoms. The molecule has 1 amide bonds. The number of amides is 1. The predicted octanol–water partition coefficient (Wildman–Crippen LogP) is 1.11. The van der Waals surface area contributed by atoms with Gasteiger partial charge in [-0.1, -0.05) is 30.0 Å². The second kappa shape index (κ2) is 7.63. The number of hydrogen-bond acceptors (Lipinski definition) is 4. The van der Waals surface area contributed by atoms with Gasteiger partial charge in [-0.2, -0.15) is 0 Å². The van der Waals surface area contributed by atoms with Crippen LogP contribution in [0, 0.1) is 11.8 Å². The first-order valence-electron chi connectivity index (χ1n) is 6.79. The van der Waals surface area contributed by atoms with E-state index in [1.165, 1.54) is 6.07 Å². The van der Waals surface area contributed by atoms with Gasteiger partial charge < -0.3 is 9.73 Å². The fourth-order valence-electron chi connectivity index (χ4n) is 1.68. The van der Waals surface area contributed by atoms with Crippen molar-refractivity contribution in [3.8, 4) is 11.8 Å². The predicted molar refractivity (Wildman–Crippen MR) is 86.0 cm³/mol. The molecule has 0 aliphatic carbocycles. The second-order valence-electron chi connectivity index (χ2n) is 4.71. The summed E-state index contributed by atoms with van der Waals surface area (Å²) < 4.78 is 29.5. The van der Waals surface area contributed by atoms with Gasteiger partial charge in [0.05, 0.1) is 19.3 Å². The van der Waals surface area contributed by atoms with E-state index in [0.717, 1.165) is 11.8 Å². The molecule has 120 valence electrons. The molecule has 0 bridgehead atoms. The van der Waals surface area contributed by atoms with Gasteiger partial charge in [0.2, 0.25) is 10.0 Å². The molecule has 0 aliphatic heterocycles. The molecule has 1 aromatic carbocycles.